The predicted molar refractivity (Wildman–Crippen MR) is 71.2 cm³/mol. The van der Waals surface area contributed by atoms with E-state index < -0.39 is 0 Å². The van der Waals surface area contributed by atoms with Crippen LogP contribution in [0.2, 0.25) is 5.02 Å². The molecule has 3 heteroatoms. The maximum atomic E-state index is 6.32. The Hall–Kier alpha value is -0.600. The van der Waals surface area contributed by atoms with Crippen molar-refractivity contribution in [3.63, 3.8) is 0 Å². The largest absolute Gasteiger partial charge is 0.251 e. The minimum Gasteiger partial charge on any atom is -0.251 e. The van der Waals surface area contributed by atoms with E-state index in [2.05, 4.69) is 35.0 Å². The Morgan fingerprint density at radius 1 is 1.31 bits per heavy atom. The fourth-order valence-electron chi connectivity index (χ4n) is 1.99. The Labute approximate surface area is 108 Å². The molecule has 0 spiro atoms. The van der Waals surface area contributed by atoms with E-state index in [1.807, 2.05) is 6.07 Å². The summed E-state index contributed by atoms with van der Waals surface area (Å²) in [5.74, 6) is 0.634. The lowest BCUT2D eigenvalue weighted by atomic mass is 10.1. The number of hydrogen-bond acceptors (Lipinski definition) is 1. The summed E-state index contributed by atoms with van der Waals surface area (Å²) < 4.78 is 1.03. The van der Waals surface area contributed by atoms with Gasteiger partial charge in [0.2, 0.25) is 0 Å². The number of nitrogens with zero attached hydrogens (tertiary/aromatic N) is 1. The molecule has 0 aliphatic heterocycles. The third-order valence-corrected chi connectivity index (χ3v) is 3.89. The van der Waals surface area contributed by atoms with Crippen LogP contribution in [0.4, 0.5) is 0 Å². The summed E-state index contributed by atoms with van der Waals surface area (Å²) in [4.78, 5) is 4.71. The van der Waals surface area contributed by atoms with Crippen LogP contribution >= 0.6 is 27.5 Å². The Balaban J connectivity index is 2.32. The topological polar surface area (TPSA) is 12.9 Å². The number of hydrogen-bond donors (Lipinski definition) is 0. The minimum atomic E-state index is 0.634. The van der Waals surface area contributed by atoms with Crippen molar-refractivity contribution in [1.82, 2.24) is 4.98 Å². The lowest BCUT2D eigenvalue weighted by molar-refractivity contribution is 1.04. The normalized spacial score (nSPS) is 15.7. The standard InChI is InChI=1S/C13H11BrClN/c1-7-4-9-11(15)6-12(8-2-3-8)16-13(9)10(14)5-7/h4-6,8H,2-3H2,1H3. The van der Waals surface area contributed by atoms with Crippen LogP contribution in [0.3, 0.4) is 0 Å². The van der Waals surface area contributed by atoms with Gasteiger partial charge in [-0.2, -0.15) is 0 Å². The van der Waals surface area contributed by atoms with E-state index in [1.54, 1.807) is 0 Å². The van der Waals surface area contributed by atoms with Gasteiger partial charge in [-0.25, -0.2) is 0 Å². The molecule has 0 atom stereocenters. The molecule has 1 fully saturated rings. The number of halogens is 2. The number of aryl methyl sites for hydroxylation is 1. The van der Waals surface area contributed by atoms with Crippen molar-refractivity contribution in [3.05, 3.63) is 39.0 Å². The van der Waals surface area contributed by atoms with E-state index in [1.165, 1.54) is 18.4 Å². The molecule has 0 N–H and O–H groups in total. The molecule has 3 rings (SSSR count). The first-order valence-electron chi connectivity index (χ1n) is 5.41. The molecule has 82 valence electrons. The number of benzene rings is 1. The molecule has 1 nitrogen and oxygen atoms in total. The third kappa shape index (κ3) is 1.74. The van der Waals surface area contributed by atoms with E-state index >= 15 is 0 Å². The highest BCUT2D eigenvalue weighted by Crippen LogP contribution is 2.41. The number of aromatic nitrogens is 1. The van der Waals surface area contributed by atoms with Crippen molar-refractivity contribution >= 4 is 38.4 Å². The first-order chi connectivity index (χ1) is 7.65. The molecule has 1 heterocycles. The van der Waals surface area contributed by atoms with Gasteiger partial charge in [-0.05, 0) is 59.5 Å². The van der Waals surface area contributed by atoms with Crippen molar-refractivity contribution in [2.24, 2.45) is 0 Å². The van der Waals surface area contributed by atoms with Gasteiger partial charge < -0.3 is 0 Å². The van der Waals surface area contributed by atoms with E-state index in [9.17, 15) is 0 Å². The molecule has 1 aliphatic carbocycles. The molecule has 1 saturated carbocycles. The summed E-state index contributed by atoms with van der Waals surface area (Å²) in [6.45, 7) is 2.06. The fraction of sp³-hybridized carbons (Fsp3) is 0.308. The second-order valence-electron chi connectivity index (χ2n) is 4.45. The lowest BCUT2D eigenvalue weighted by Crippen LogP contribution is -1.90. The molecular weight excluding hydrogens is 286 g/mol. The Morgan fingerprint density at radius 2 is 2.06 bits per heavy atom. The molecule has 0 radical (unpaired) electrons. The zero-order valence-corrected chi connectivity index (χ0v) is 11.3. The molecule has 1 aliphatic rings. The van der Waals surface area contributed by atoms with Crippen LogP contribution in [-0.4, -0.2) is 4.98 Å². The van der Waals surface area contributed by atoms with Crippen molar-refractivity contribution in [2.45, 2.75) is 25.7 Å². The molecule has 16 heavy (non-hydrogen) atoms. The van der Waals surface area contributed by atoms with Crippen LogP contribution in [0, 0.1) is 6.92 Å². The molecule has 0 unspecified atom stereocenters. The average Bonchev–Trinajstić information content (AvgIpc) is 3.02. The molecule has 0 amide bonds. The second kappa shape index (κ2) is 3.71. The van der Waals surface area contributed by atoms with Gasteiger partial charge >= 0.3 is 0 Å². The van der Waals surface area contributed by atoms with Gasteiger partial charge in [0.15, 0.2) is 0 Å². The summed E-state index contributed by atoms with van der Waals surface area (Å²) in [7, 11) is 0. The van der Waals surface area contributed by atoms with Crippen LogP contribution in [0.5, 0.6) is 0 Å². The predicted octanol–water partition coefficient (Wildman–Crippen LogP) is 4.84. The van der Waals surface area contributed by atoms with E-state index in [-0.39, 0.29) is 0 Å². The van der Waals surface area contributed by atoms with Crippen LogP contribution in [0.1, 0.15) is 30.0 Å². The Kier molecular flexibility index (Phi) is 2.45. The van der Waals surface area contributed by atoms with E-state index in [0.717, 1.165) is 26.1 Å². The van der Waals surface area contributed by atoms with Crippen LogP contribution < -0.4 is 0 Å². The van der Waals surface area contributed by atoms with Gasteiger partial charge in [-0.3, -0.25) is 4.98 Å². The average molecular weight is 297 g/mol. The van der Waals surface area contributed by atoms with Gasteiger partial charge in [0, 0.05) is 21.5 Å². The Morgan fingerprint density at radius 3 is 2.75 bits per heavy atom. The van der Waals surface area contributed by atoms with E-state index in [0.29, 0.717) is 5.92 Å². The first-order valence-corrected chi connectivity index (χ1v) is 6.58. The highest BCUT2D eigenvalue weighted by molar-refractivity contribution is 9.10. The zero-order chi connectivity index (χ0) is 11.3. The molecule has 0 bridgehead atoms. The minimum absolute atomic E-state index is 0.634. The maximum absolute atomic E-state index is 6.32. The number of rotatable bonds is 1. The monoisotopic (exact) mass is 295 g/mol. The van der Waals surface area contributed by atoms with Gasteiger partial charge in [0.25, 0.3) is 0 Å². The van der Waals surface area contributed by atoms with Crippen molar-refractivity contribution in [3.8, 4) is 0 Å². The summed E-state index contributed by atoms with van der Waals surface area (Å²) in [5, 5.41) is 1.86. The summed E-state index contributed by atoms with van der Waals surface area (Å²) >= 11 is 9.88. The smallest absolute Gasteiger partial charge is 0.0862 e. The third-order valence-electron chi connectivity index (χ3n) is 2.98. The highest BCUT2D eigenvalue weighted by Gasteiger charge is 2.26. The highest BCUT2D eigenvalue weighted by atomic mass is 79.9. The van der Waals surface area contributed by atoms with Gasteiger partial charge in [0.1, 0.15) is 0 Å². The van der Waals surface area contributed by atoms with Crippen LogP contribution in [-0.2, 0) is 0 Å². The van der Waals surface area contributed by atoms with Crippen molar-refractivity contribution in [2.75, 3.05) is 0 Å². The van der Waals surface area contributed by atoms with Gasteiger partial charge in [0.05, 0.1) is 10.5 Å². The number of pyridine rings is 1. The van der Waals surface area contributed by atoms with Gasteiger partial charge in [-0.1, -0.05) is 11.6 Å². The molecule has 2 aromatic rings. The molecule has 1 aromatic carbocycles. The molecule has 0 saturated heterocycles. The summed E-state index contributed by atoms with van der Waals surface area (Å²) in [5.41, 5.74) is 3.32. The van der Waals surface area contributed by atoms with Crippen LogP contribution in [0.25, 0.3) is 10.9 Å². The SMILES string of the molecule is Cc1cc(Br)c2nc(C3CC3)cc(Cl)c2c1. The lowest BCUT2D eigenvalue weighted by Gasteiger charge is -2.07. The zero-order valence-electron chi connectivity index (χ0n) is 8.93. The quantitative estimate of drug-likeness (QED) is 0.734. The summed E-state index contributed by atoms with van der Waals surface area (Å²) in [6, 6.07) is 6.20. The molecule has 1 aromatic heterocycles. The Bertz CT molecular complexity index is 576. The van der Waals surface area contributed by atoms with Crippen molar-refractivity contribution in [1.29, 1.82) is 0 Å². The maximum Gasteiger partial charge on any atom is 0.0862 e. The molecular formula is C13H11BrClN. The van der Waals surface area contributed by atoms with Crippen molar-refractivity contribution < 1.29 is 0 Å². The first kappa shape index (κ1) is 10.5. The summed E-state index contributed by atoms with van der Waals surface area (Å²) in [6.07, 6.45) is 2.50. The second-order valence-corrected chi connectivity index (χ2v) is 5.71. The number of fused-ring (bicyclic) bond motifs is 1. The fourth-order valence-corrected chi connectivity index (χ4v) is 2.91. The van der Waals surface area contributed by atoms with E-state index in [4.69, 9.17) is 16.6 Å². The van der Waals surface area contributed by atoms with Gasteiger partial charge in [-0.15, -0.1) is 0 Å². The van der Waals surface area contributed by atoms with Crippen LogP contribution in [0.15, 0.2) is 22.7 Å².